The largest absolute Gasteiger partial charge is 0.392 e. The van der Waals surface area contributed by atoms with E-state index < -0.39 is 0 Å². The molecule has 4 aliphatic heterocycles. The Morgan fingerprint density at radius 3 is 2.38 bits per heavy atom. The number of hydrogen-bond acceptors (Lipinski definition) is 4. The van der Waals surface area contributed by atoms with Crippen LogP contribution in [0.15, 0.2) is 12.5 Å². The molecule has 4 aliphatic rings. The molecule has 0 spiro atoms. The summed E-state index contributed by atoms with van der Waals surface area (Å²) in [4.78, 5) is 7.97. The van der Waals surface area contributed by atoms with Gasteiger partial charge in [0.2, 0.25) is 0 Å². The molecule has 0 atom stereocenters. The van der Waals surface area contributed by atoms with Gasteiger partial charge in [0.15, 0.2) is 0 Å². The van der Waals surface area contributed by atoms with Gasteiger partial charge < -0.3 is 9.74 Å². The van der Waals surface area contributed by atoms with Gasteiger partial charge in [-0.05, 0) is 24.4 Å². The maximum atomic E-state index is 5.43. The predicted octanol–water partition coefficient (Wildman–Crippen LogP) is 0.448. The minimum atomic E-state index is 0.262. The number of nitrogens with zero attached hydrogens (tertiary/aromatic N) is 2. The number of hydrogen-bond donors (Lipinski definition) is 1. The first kappa shape index (κ1) is 7.64. The summed E-state index contributed by atoms with van der Waals surface area (Å²) in [7, 11) is 0. The lowest BCUT2D eigenvalue weighted by molar-refractivity contribution is -0.222. The highest BCUT2D eigenvalue weighted by Crippen LogP contribution is 2.37. The van der Waals surface area contributed by atoms with Crippen LogP contribution in [-0.2, 0) is 4.84 Å². The van der Waals surface area contributed by atoms with Gasteiger partial charge in [-0.15, -0.1) is 0 Å². The van der Waals surface area contributed by atoms with Gasteiger partial charge in [-0.1, -0.05) is 0 Å². The molecule has 0 aromatic heterocycles. The van der Waals surface area contributed by atoms with Crippen LogP contribution in [0.1, 0.15) is 19.3 Å². The fourth-order valence-corrected chi connectivity index (χ4v) is 2.58. The first-order valence-electron chi connectivity index (χ1n) is 5.00. The molecule has 13 heavy (non-hydrogen) atoms. The molecule has 3 fully saturated rings. The Labute approximate surface area is 78.1 Å². The van der Waals surface area contributed by atoms with Gasteiger partial charge in [0.1, 0.15) is 6.26 Å². The first-order chi connectivity index (χ1) is 6.39. The van der Waals surface area contributed by atoms with Gasteiger partial charge in [-0.2, -0.15) is 0 Å². The lowest BCUT2D eigenvalue weighted by atomic mass is 9.80. The molecule has 0 saturated carbocycles. The summed E-state index contributed by atoms with van der Waals surface area (Å²) in [6.45, 7) is 3.67. The Morgan fingerprint density at radius 2 is 1.85 bits per heavy atom. The maximum Gasteiger partial charge on any atom is 0.131 e. The second-order valence-corrected chi connectivity index (χ2v) is 4.15. The third-order valence-electron chi connectivity index (χ3n) is 3.54. The Kier molecular flexibility index (Phi) is 1.54. The van der Waals surface area contributed by atoms with Crippen LogP contribution >= 0.6 is 0 Å². The summed E-state index contributed by atoms with van der Waals surface area (Å²) < 4.78 is 0. The fraction of sp³-hybridized carbons (Fsp3) is 0.778. The van der Waals surface area contributed by atoms with Crippen molar-refractivity contribution in [3.8, 4) is 0 Å². The first-order valence-corrected chi connectivity index (χ1v) is 5.00. The molecule has 3 saturated heterocycles. The van der Waals surface area contributed by atoms with Crippen LogP contribution in [0.3, 0.4) is 0 Å². The highest BCUT2D eigenvalue weighted by Gasteiger charge is 2.46. The van der Waals surface area contributed by atoms with Crippen molar-refractivity contribution in [2.24, 2.45) is 0 Å². The van der Waals surface area contributed by atoms with E-state index in [2.05, 4.69) is 10.3 Å². The van der Waals surface area contributed by atoms with Crippen molar-refractivity contribution in [1.29, 1.82) is 0 Å². The summed E-state index contributed by atoms with van der Waals surface area (Å²) in [5.41, 5.74) is 3.42. The predicted molar refractivity (Wildman–Crippen MR) is 48.2 cm³/mol. The van der Waals surface area contributed by atoms with E-state index in [0.717, 1.165) is 0 Å². The van der Waals surface area contributed by atoms with E-state index in [4.69, 9.17) is 4.84 Å². The molecule has 0 aliphatic carbocycles. The smallest absolute Gasteiger partial charge is 0.131 e. The standard InChI is InChI=1S/C9H15N3O/c1-5-11-6-2-9(1,3-7-11)12-10-4-8-13-12/h4,8,10H,1-3,5-7H2. The molecule has 4 heterocycles. The maximum absolute atomic E-state index is 5.43. The number of piperidine rings is 3. The third kappa shape index (κ3) is 1.05. The fourth-order valence-electron chi connectivity index (χ4n) is 2.58. The number of nitrogens with one attached hydrogen (secondary N) is 1. The number of hydrazine groups is 1. The zero-order chi connectivity index (χ0) is 8.73. The van der Waals surface area contributed by atoms with Crippen LogP contribution in [0.5, 0.6) is 0 Å². The average molecular weight is 181 g/mol. The lowest BCUT2D eigenvalue weighted by Crippen LogP contribution is -2.62. The summed E-state index contributed by atoms with van der Waals surface area (Å²) in [6.07, 6.45) is 7.25. The summed E-state index contributed by atoms with van der Waals surface area (Å²) in [5, 5.41) is 1.95. The molecule has 0 unspecified atom stereocenters. The molecule has 0 aromatic carbocycles. The molecule has 0 radical (unpaired) electrons. The van der Waals surface area contributed by atoms with Crippen molar-refractivity contribution in [2.45, 2.75) is 24.8 Å². The SMILES string of the molecule is C1=CON(C23CCN(CC2)CC3)N1. The van der Waals surface area contributed by atoms with Gasteiger partial charge in [0.25, 0.3) is 0 Å². The molecular formula is C9H15N3O. The Hall–Kier alpha value is -0.740. The van der Waals surface area contributed by atoms with Crippen LogP contribution in [0, 0.1) is 0 Å². The molecular weight excluding hydrogens is 166 g/mol. The van der Waals surface area contributed by atoms with E-state index in [1.165, 1.54) is 38.9 Å². The van der Waals surface area contributed by atoms with Gasteiger partial charge in [-0.25, -0.2) is 0 Å². The van der Waals surface area contributed by atoms with Crippen LogP contribution in [0.2, 0.25) is 0 Å². The quantitative estimate of drug-likeness (QED) is 0.635. The molecule has 4 rings (SSSR count). The van der Waals surface area contributed by atoms with E-state index in [-0.39, 0.29) is 5.54 Å². The van der Waals surface area contributed by atoms with Crippen molar-refractivity contribution >= 4 is 0 Å². The third-order valence-corrected chi connectivity index (χ3v) is 3.54. The second-order valence-electron chi connectivity index (χ2n) is 4.15. The van der Waals surface area contributed by atoms with Crippen molar-refractivity contribution in [3.63, 3.8) is 0 Å². The highest BCUT2D eigenvalue weighted by molar-refractivity contribution is 4.99. The summed E-state index contributed by atoms with van der Waals surface area (Å²) in [5.74, 6) is 0. The molecule has 4 heteroatoms. The second kappa shape index (κ2) is 2.62. The number of hydroxylamine groups is 1. The molecule has 2 bridgehead atoms. The molecule has 1 N–H and O–H groups in total. The molecule has 0 amide bonds. The van der Waals surface area contributed by atoms with Crippen molar-refractivity contribution in [3.05, 3.63) is 12.5 Å². The topological polar surface area (TPSA) is 27.7 Å². The highest BCUT2D eigenvalue weighted by atomic mass is 16.7. The Balaban J connectivity index is 1.79. The van der Waals surface area contributed by atoms with E-state index in [0.29, 0.717) is 0 Å². The van der Waals surface area contributed by atoms with Crippen molar-refractivity contribution < 1.29 is 4.84 Å². The minimum Gasteiger partial charge on any atom is -0.392 e. The van der Waals surface area contributed by atoms with E-state index in [9.17, 15) is 0 Å². The van der Waals surface area contributed by atoms with Crippen LogP contribution in [0.25, 0.3) is 0 Å². The van der Waals surface area contributed by atoms with Crippen molar-refractivity contribution in [1.82, 2.24) is 15.5 Å². The zero-order valence-corrected chi connectivity index (χ0v) is 7.70. The normalized spacial score (nSPS) is 43.2. The Morgan fingerprint density at radius 1 is 1.15 bits per heavy atom. The monoisotopic (exact) mass is 181 g/mol. The summed E-state index contributed by atoms with van der Waals surface area (Å²) in [6, 6.07) is 0. The van der Waals surface area contributed by atoms with Crippen LogP contribution in [0.4, 0.5) is 0 Å². The zero-order valence-electron chi connectivity index (χ0n) is 7.70. The number of rotatable bonds is 1. The molecule has 4 nitrogen and oxygen atoms in total. The van der Waals surface area contributed by atoms with Gasteiger partial charge >= 0.3 is 0 Å². The molecule has 72 valence electrons. The van der Waals surface area contributed by atoms with Crippen molar-refractivity contribution in [2.75, 3.05) is 19.6 Å². The van der Waals surface area contributed by atoms with E-state index >= 15 is 0 Å². The van der Waals surface area contributed by atoms with Gasteiger partial charge in [0.05, 0.1) is 11.7 Å². The molecule has 0 aromatic rings. The van der Waals surface area contributed by atoms with Gasteiger partial charge in [-0.3, -0.25) is 5.43 Å². The van der Waals surface area contributed by atoms with Crippen LogP contribution in [-0.4, -0.2) is 35.2 Å². The minimum absolute atomic E-state index is 0.262. The number of fused-ring (bicyclic) bond motifs is 3. The van der Waals surface area contributed by atoms with E-state index in [1.54, 1.807) is 6.26 Å². The summed E-state index contributed by atoms with van der Waals surface area (Å²) >= 11 is 0. The van der Waals surface area contributed by atoms with E-state index in [1.807, 2.05) is 11.4 Å². The lowest BCUT2D eigenvalue weighted by Gasteiger charge is -2.50. The van der Waals surface area contributed by atoms with Gasteiger partial charge in [0, 0.05) is 19.6 Å². The Bertz CT molecular complexity index is 211. The van der Waals surface area contributed by atoms with Crippen LogP contribution < -0.4 is 5.43 Å². The average Bonchev–Trinajstić information content (AvgIpc) is 2.74.